The number of benzene rings is 2. The van der Waals surface area contributed by atoms with Crippen LogP contribution in [-0.4, -0.2) is 33.8 Å². The van der Waals surface area contributed by atoms with Crippen LogP contribution in [0.1, 0.15) is 30.5 Å². The lowest BCUT2D eigenvalue weighted by Crippen LogP contribution is -2.30. The molecule has 2 aromatic carbocycles. The monoisotopic (exact) mass is 390 g/mol. The van der Waals surface area contributed by atoms with E-state index in [1.807, 2.05) is 54.7 Å². The van der Waals surface area contributed by atoms with E-state index in [9.17, 15) is 14.7 Å². The predicted molar refractivity (Wildman–Crippen MR) is 110 cm³/mol. The molecule has 0 saturated heterocycles. The van der Waals surface area contributed by atoms with E-state index in [0.717, 1.165) is 27.8 Å². The smallest absolute Gasteiger partial charge is 0.290 e. The van der Waals surface area contributed by atoms with Crippen LogP contribution in [0.2, 0.25) is 0 Å². The Morgan fingerprint density at radius 2 is 1.90 bits per heavy atom. The molecule has 0 saturated carbocycles. The largest absolute Gasteiger partial charge is 0.503 e. The highest BCUT2D eigenvalue weighted by Crippen LogP contribution is 2.41. The Balaban J connectivity index is 1.80. The Hall–Kier alpha value is -3.54. The molecule has 0 fully saturated rings. The number of hydrogen-bond donors (Lipinski definition) is 2. The van der Waals surface area contributed by atoms with E-state index in [1.54, 1.807) is 18.9 Å². The van der Waals surface area contributed by atoms with Crippen molar-refractivity contribution < 1.29 is 19.4 Å². The lowest BCUT2D eigenvalue weighted by atomic mass is 9.94. The second kappa shape index (κ2) is 7.47. The Bertz CT molecular complexity index is 1110. The van der Waals surface area contributed by atoms with E-state index in [2.05, 4.69) is 4.98 Å². The fraction of sp³-hybridized carbons (Fsp3) is 0.217. The molecule has 2 N–H and O–H groups in total. The summed E-state index contributed by atoms with van der Waals surface area (Å²) in [7, 11) is 1.59. The van der Waals surface area contributed by atoms with Crippen molar-refractivity contribution in [3.63, 3.8) is 0 Å². The van der Waals surface area contributed by atoms with Gasteiger partial charge >= 0.3 is 0 Å². The number of methoxy groups -OCH3 is 1. The molecule has 0 aliphatic carbocycles. The minimum Gasteiger partial charge on any atom is -0.503 e. The minimum atomic E-state index is -0.645. The first-order valence-corrected chi connectivity index (χ1v) is 9.51. The van der Waals surface area contributed by atoms with Crippen LogP contribution in [0.5, 0.6) is 5.75 Å². The molecule has 1 aromatic heterocycles. The number of nitrogens with zero attached hydrogens (tertiary/aromatic N) is 1. The number of rotatable bonds is 6. The molecule has 2 heterocycles. The van der Waals surface area contributed by atoms with Crippen LogP contribution >= 0.6 is 0 Å². The third-order valence-corrected chi connectivity index (χ3v) is 5.35. The standard InChI is InChI=1S/C23H22N2O4/c1-3-19(26)20-21(17-12-24-18-7-5-4-6-16(17)18)25(23(28)22(20)27)13-14-8-10-15(29-2)11-9-14/h4-12,21,24,27H,3,13H2,1-2H3. The molecule has 1 aliphatic heterocycles. The van der Waals surface area contributed by atoms with Gasteiger partial charge in [-0.1, -0.05) is 37.3 Å². The second-order valence-electron chi connectivity index (χ2n) is 7.01. The van der Waals surface area contributed by atoms with E-state index in [4.69, 9.17) is 4.74 Å². The lowest BCUT2D eigenvalue weighted by Gasteiger charge is -2.26. The minimum absolute atomic E-state index is 0.163. The van der Waals surface area contributed by atoms with Crippen LogP contribution in [0.15, 0.2) is 66.1 Å². The summed E-state index contributed by atoms with van der Waals surface area (Å²) in [5, 5.41) is 11.5. The number of aliphatic hydroxyl groups is 1. The number of carbonyl (C=O) groups excluding carboxylic acids is 2. The maximum atomic E-state index is 12.9. The first-order chi connectivity index (χ1) is 14.0. The zero-order valence-corrected chi connectivity index (χ0v) is 16.3. The zero-order valence-electron chi connectivity index (χ0n) is 16.3. The Kier molecular flexibility index (Phi) is 4.84. The number of aromatic amines is 1. The van der Waals surface area contributed by atoms with Gasteiger partial charge in [-0.3, -0.25) is 9.59 Å². The number of amides is 1. The lowest BCUT2D eigenvalue weighted by molar-refractivity contribution is -0.130. The number of ketones is 1. The third kappa shape index (κ3) is 3.16. The predicted octanol–water partition coefficient (Wildman–Crippen LogP) is 4.05. The van der Waals surface area contributed by atoms with E-state index in [-0.39, 0.29) is 24.3 Å². The number of aliphatic hydroxyl groups excluding tert-OH is 1. The van der Waals surface area contributed by atoms with Gasteiger partial charge in [-0.05, 0) is 23.8 Å². The number of ether oxygens (including phenoxy) is 1. The molecule has 148 valence electrons. The highest BCUT2D eigenvalue weighted by molar-refractivity contribution is 6.09. The molecule has 4 rings (SSSR count). The molecule has 1 atom stereocenters. The van der Waals surface area contributed by atoms with Gasteiger partial charge < -0.3 is 19.7 Å². The topological polar surface area (TPSA) is 82.6 Å². The average Bonchev–Trinajstić information content (AvgIpc) is 3.28. The van der Waals surface area contributed by atoms with E-state index >= 15 is 0 Å². The summed E-state index contributed by atoms with van der Waals surface area (Å²) in [6.45, 7) is 1.99. The third-order valence-electron chi connectivity index (χ3n) is 5.35. The van der Waals surface area contributed by atoms with Crippen LogP contribution < -0.4 is 4.74 Å². The highest BCUT2D eigenvalue weighted by Gasteiger charge is 2.43. The van der Waals surface area contributed by atoms with E-state index < -0.39 is 17.7 Å². The van der Waals surface area contributed by atoms with Crippen LogP contribution in [0.25, 0.3) is 10.9 Å². The highest BCUT2D eigenvalue weighted by atomic mass is 16.5. The van der Waals surface area contributed by atoms with Gasteiger partial charge in [0.25, 0.3) is 5.91 Å². The van der Waals surface area contributed by atoms with Gasteiger partial charge in [0.1, 0.15) is 5.75 Å². The molecule has 1 amide bonds. The number of fused-ring (bicyclic) bond motifs is 1. The fourth-order valence-corrected chi connectivity index (χ4v) is 3.86. The van der Waals surface area contributed by atoms with Crippen LogP contribution in [-0.2, 0) is 16.1 Å². The van der Waals surface area contributed by atoms with Crippen molar-refractivity contribution in [3.05, 3.63) is 77.2 Å². The van der Waals surface area contributed by atoms with Crippen molar-refractivity contribution in [2.45, 2.75) is 25.9 Å². The summed E-state index contributed by atoms with van der Waals surface area (Å²) in [4.78, 5) is 30.4. The van der Waals surface area contributed by atoms with Gasteiger partial charge in [-0.2, -0.15) is 0 Å². The van der Waals surface area contributed by atoms with Crippen molar-refractivity contribution in [2.24, 2.45) is 0 Å². The van der Waals surface area contributed by atoms with E-state index in [0.29, 0.717) is 0 Å². The zero-order chi connectivity index (χ0) is 20.5. The molecule has 29 heavy (non-hydrogen) atoms. The number of nitrogens with one attached hydrogen (secondary N) is 1. The Morgan fingerprint density at radius 1 is 1.17 bits per heavy atom. The van der Waals surface area contributed by atoms with Gasteiger partial charge in [-0.15, -0.1) is 0 Å². The molecule has 0 bridgehead atoms. The van der Waals surface area contributed by atoms with Gasteiger partial charge in [0.05, 0.1) is 18.7 Å². The quantitative estimate of drug-likeness (QED) is 0.665. The van der Waals surface area contributed by atoms with E-state index in [1.165, 1.54) is 0 Å². The maximum absolute atomic E-state index is 12.9. The summed E-state index contributed by atoms with van der Waals surface area (Å²) in [6, 6.07) is 14.5. The van der Waals surface area contributed by atoms with Crippen LogP contribution in [0, 0.1) is 0 Å². The first kappa shape index (κ1) is 18.8. The number of H-pyrrole nitrogens is 1. The number of aromatic nitrogens is 1. The van der Waals surface area contributed by atoms with Gasteiger partial charge in [0.2, 0.25) is 0 Å². The van der Waals surface area contributed by atoms with Crippen molar-refractivity contribution in [1.82, 2.24) is 9.88 Å². The molecule has 3 aromatic rings. The number of para-hydroxylation sites is 1. The summed E-state index contributed by atoms with van der Waals surface area (Å²) >= 11 is 0. The Labute approximate surface area is 168 Å². The molecule has 6 nitrogen and oxygen atoms in total. The molecular formula is C23H22N2O4. The first-order valence-electron chi connectivity index (χ1n) is 9.51. The fourth-order valence-electron chi connectivity index (χ4n) is 3.86. The average molecular weight is 390 g/mol. The second-order valence-corrected chi connectivity index (χ2v) is 7.01. The summed E-state index contributed by atoms with van der Waals surface area (Å²) in [6.07, 6.45) is 2.02. The van der Waals surface area contributed by atoms with Crippen molar-refractivity contribution in [3.8, 4) is 5.75 Å². The normalized spacial score (nSPS) is 16.7. The number of hydrogen-bond acceptors (Lipinski definition) is 4. The summed E-state index contributed by atoms with van der Waals surface area (Å²) in [5.41, 5.74) is 2.75. The van der Waals surface area contributed by atoms with Gasteiger partial charge in [0.15, 0.2) is 11.5 Å². The van der Waals surface area contributed by atoms with Crippen LogP contribution in [0.3, 0.4) is 0 Å². The number of Topliss-reactive ketones (excluding diaryl/α,β-unsaturated/α-hetero) is 1. The van der Waals surface area contributed by atoms with Gasteiger partial charge in [-0.25, -0.2) is 0 Å². The molecule has 1 unspecified atom stereocenters. The van der Waals surface area contributed by atoms with Crippen molar-refractivity contribution in [1.29, 1.82) is 0 Å². The number of carbonyl (C=O) groups is 2. The maximum Gasteiger partial charge on any atom is 0.290 e. The summed E-state index contributed by atoms with van der Waals surface area (Å²) < 4.78 is 5.19. The molecule has 6 heteroatoms. The molecule has 0 radical (unpaired) electrons. The van der Waals surface area contributed by atoms with Crippen molar-refractivity contribution >= 4 is 22.6 Å². The molecular weight excluding hydrogens is 368 g/mol. The molecule has 1 aliphatic rings. The SMILES string of the molecule is CCC(=O)C1=C(O)C(=O)N(Cc2ccc(OC)cc2)C1c1c[nH]c2ccccc12. The molecule has 0 spiro atoms. The van der Waals surface area contributed by atoms with Gasteiger partial charge in [0, 0.05) is 35.6 Å². The van der Waals surface area contributed by atoms with Crippen LogP contribution in [0.4, 0.5) is 0 Å². The summed E-state index contributed by atoms with van der Waals surface area (Å²) in [5.74, 6) is -0.505. The van der Waals surface area contributed by atoms with Crippen molar-refractivity contribution in [2.75, 3.05) is 7.11 Å². The Morgan fingerprint density at radius 3 is 2.59 bits per heavy atom.